The van der Waals surface area contributed by atoms with Crippen LogP contribution in [-0.4, -0.2) is 42.2 Å². The maximum absolute atomic E-state index is 11.7. The molecule has 0 unspecified atom stereocenters. The summed E-state index contributed by atoms with van der Waals surface area (Å²) in [6.07, 6.45) is 3.06. The highest BCUT2D eigenvalue weighted by Gasteiger charge is 2.15. The summed E-state index contributed by atoms with van der Waals surface area (Å²) in [7, 11) is 0. The molecule has 0 aliphatic carbocycles. The monoisotopic (exact) mass is 451 g/mol. The average molecular weight is 452 g/mol. The zero-order valence-corrected chi connectivity index (χ0v) is 19.6. The number of hydrogen-bond donors (Lipinski definition) is 0. The van der Waals surface area contributed by atoms with Crippen LogP contribution in [0, 0.1) is 0 Å². The maximum Gasteiger partial charge on any atom is 0.166 e. The van der Waals surface area contributed by atoms with E-state index in [4.69, 9.17) is 9.47 Å². The predicted octanol–water partition coefficient (Wildman–Crippen LogP) is 5.31. The van der Waals surface area contributed by atoms with Crippen molar-refractivity contribution in [2.75, 3.05) is 19.5 Å². The lowest BCUT2D eigenvalue weighted by atomic mass is 10.1. The van der Waals surface area contributed by atoms with Crippen LogP contribution in [0.2, 0.25) is 0 Å². The molecule has 168 valence electrons. The van der Waals surface area contributed by atoms with Crippen LogP contribution in [0.5, 0.6) is 5.75 Å². The van der Waals surface area contributed by atoms with Gasteiger partial charge in [-0.1, -0.05) is 24.3 Å². The third-order valence-corrected chi connectivity index (χ3v) is 6.01. The van der Waals surface area contributed by atoms with Gasteiger partial charge in [-0.15, -0.1) is 11.8 Å². The van der Waals surface area contributed by atoms with Gasteiger partial charge in [-0.2, -0.15) is 0 Å². The summed E-state index contributed by atoms with van der Waals surface area (Å²) in [5.41, 5.74) is 3.70. The Hall–Kier alpha value is -2.83. The number of benzene rings is 2. The molecule has 6 heteroatoms. The molecule has 0 aliphatic heterocycles. The van der Waals surface area contributed by atoms with E-state index in [9.17, 15) is 9.59 Å². The number of aldehydes is 1. The molecule has 0 amide bonds. The minimum absolute atomic E-state index is 0.0313. The number of ether oxygens (including phenoxy) is 2. The Labute approximate surface area is 193 Å². The van der Waals surface area contributed by atoms with E-state index in [1.807, 2.05) is 54.1 Å². The summed E-state index contributed by atoms with van der Waals surface area (Å²) in [4.78, 5) is 24.4. The van der Waals surface area contributed by atoms with Crippen LogP contribution in [0.4, 0.5) is 0 Å². The van der Waals surface area contributed by atoms with Crippen molar-refractivity contribution in [2.45, 2.75) is 37.8 Å². The number of rotatable bonds is 12. The summed E-state index contributed by atoms with van der Waals surface area (Å²) in [5.74, 6) is 0.777. The summed E-state index contributed by atoms with van der Waals surface area (Å²) in [5, 5.41) is 0. The van der Waals surface area contributed by atoms with Crippen molar-refractivity contribution >= 4 is 23.8 Å². The summed E-state index contributed by atoms with van der Waals surface area (Å²) in [6, 6.07) is 19.8. The standard InChI is InChI=1S/C26H29NO4S/c1-4-30-26(19(2)29)17-20-5-10-23(11-6-20)31-16-15-27-22(18-28)9-14-25(27)21-7-12-24(32-3)13-8-21/h5-14,18,26H,4,15-17H2,1-3H3/t26-/m0/s1. The lowest BCUT2D eigenvalue weighted by Crippen LogP contribution is -2.24. The highest BCUT2D eigenvalue weighted by Crippen LogP contribution is 2.25. The second kappa shape index (κ2) is 11.7. The van der Waals surface area contributed by atoms with E-state index in [0.29, 0.717) is 31.9 Å². The van der Waals surface area contributed by atoms with Crippen LogP contribution in [0.1, 0.15) is 29.9 Å². The molecule has 0 N–H and O–H groups in total. The van der Waals surface area contributed by atoms with Crippen LogP contribution < -0.4 is 4.74 Å². The number of nitrogens with zero attached hydrogens (tertiary/aromatic N) is 1. The first kappa shape index (κ1) is 23.8. The van der Waals surface area contributed by atoms with Gasteiger partial charge in [0.2, 0.25) is 0 Å². The van der Waals surface area contributed by atoms with Crippen molar-refractivity contribution in [3.05, 3.63) is 71.9 Å². The van der Waals surface area contributed by atoms with Gasteiger partial charge in [-0.3, -0.25) is 9.59 Å². The second-order valence-corrected chi connectivity index (χ2v) is 8.27. The number of thioether (sulfide) groups is 1. The molecule has 0 aliphatic rings. The number of Topliss-reactive ketones (excluding diaryl/α,β-unsaturated/α-hetero) is 1. The second-order valence-electron chi connectivity index (χ2n) is 7.39. The Kier molecular flexibility index (Phi) is 8.71. The molecule has 1 atom stereocenters. The topological polar surface area (TPSA) is 57.5 Å². The molecule has 3 rings (SSSR count). The summed E-state index contributed by atoms with van der Waals surface area (Å²) >= 11 is 1.70. The molecule has 1 heterocycles. The molecule has 0 saturated carbocycles. The maximum atomic E-state index is 11.7. The van der Waals surface area contributed by atoms with E-state index in [-0.39, 0.29) is 5.78 Å². The molecule has 3 aromatic rings. The Morgan fingerprint density at radius 1 is 1.06 bits per heavy atom. The van der Waals surface area contributed by atoms with Crippen molar-refractivity contribution in [3.8, 4) is 17.0 Å². The molecule has 0 spiro atoms. The predicted molar refractivity (Wildman–Crippen MR) is 129 cm³/mol. The van der Waals surface area contributed by atoms with E-state index in [1.54, 1.807) is 18.7 Å². The number of aromatic nitrogens is 1. The van der Waals surface area contributed by atoms with Gasteiger partial charge >= 0.3 is 0 Å². The highest BCUT2D eigenvalue weighted by atomic mass is 32.2. The fourth-order valence-electron chi connectivity index (χ4n) is 3.56. The lowest BCUT2D eigenvalue weighted by Gasteiger charge is -2.15. The SMILES string of the molecule is CCO[C@@H](Cc1ccc(OCCn2c(C=O)ccc2-c2ccc(SC)cc2)cc1)C(C)=O. The van der Waals surface area contributed by atoms with Gasteiger partial charge in [0.1, 0.15) is 18.5 Å². The quantitative estimate of drug-likeness (QED) is 0.276. The van der Waals surface area contributed by atoms with Gasteiger partial charge in [0, 0.05) is 23.6 Å². The number of ketones is 1. The number of carbonyl (C=O) groups excluding carboxylic acids is 2. The fourth-order valence-corrected chi connectivity index (χ4v) is 3.97. The molecule has 5 nitrogen and oxygen atoms in total. The fraction of sp³-hybridized carbons (Fsp3) is 0.308. The summed E-state index contributed by atoms with van der Waals surface area (Å²) < 4.78 is 13.4. The third kappa shape index (κ3) is 6.11. The molecule has 32 heavy (non-hydrogen) atoms. The van der Waals surface area contributed by atoms with Crippen molar-refractivity contribution in [1.29, 1.82) is 0 Å². The lowest BCUT2D eigenvalue weighted by molar-refractivity contribution is -0.127. The normalized spacial score (nSPS) is 11.8. The molecule has 0 bridgehead atoms. The van der Waals surface area contributed by atoms with Crippen LogP contribution >= 0.6 is 11.8 Å². The van der Waals surface area contributed by atoms with Crippen molar-refractivity contribution in [3.63, 3.8) is 0 Å². The van der Waals surface area contributed by atoms with E-state index >= 15 is 0 Å². The number of carbonyl (C=O) groups is 2. The van der Waals surface area contributed by atoms with Gasteiger partial charge in [-0.25, -0.2) is 0 Å². The minimum Gasteiger partial charge on any atom is -0.492 e. The minimum atomic E-state index is -0.411. The largest absolute Gasteiger partial charge is 0.492 e. The van der Waals surface area contributed by atoms with Crippen LogP contribution in [0.15, 0.2) is 65.6 Å². The molecule has 0 fully saturated rings. The van der Waals surface area contributed by atoms with Crippen LogP contribution in [0.3, 0.4) is 0 Å². The van der Waals surface area contributed by atoms with Crippen molar-refractivity contribution in [2.24, 2.45) is 0 Å². The van der Waals surface area contributed by atoms with Crippen molar-refractivity contribution < 1.29 is 19.1 Å². The van der Waals surface area contributed by atoms with Crippen LogP contribution in [-0.2, 0) is 22.5 Å². The van der Waals surface area contributed by atoms with E-state index in [2.05, 4.69) is 24.3 Å². The highest BCUT2D eigenvalue weighted by molar-refractivity contribution is 7.98. The van der Waals surface area contributed by atoms with E-state index < -0.39 is 6.10 Å². The zero-order valence-electron chi connectivity index (χ0n) is 18.7. The first-order chi connectivity index (χ1) is 15.5. The van der Waals surface area contributed by atoms with Gasteiger partial charge < -0.3 is 14.0 Å². The molecular formula is C26H29NO4S. The smallest absolute Gasteiger partial charge is 0.166 e. The van der Waals surface area contributed by atoms with E-state index in [0.717, 1.165) is 28.9 Å². The zero-order chi connectivity index (χ0) is 22.9. The first-order valence-corrected chi connectivity index (χ1v) is 11.9. The molecule has 0 saturated heterocycles. The van der Waals surface area contributed by atoms with E-state index in [1.165, 1.54) is 4.90 Å². The van der Waals surface area contributed by atoms with Gasteiger partial charge in [0.25, 0.3) is 0 Å². The summed E-state index contributed by atoms with van der Waals surface area (Å²) in [6.45, 7) is 4.94. The molecule has 0 radical (unpaired) electrons. The Balaban J connectivity index is 1.63. The van der Waals surface area contributed by atoms with Gasteiger partial charge in [0.15, 0.2) is 12.1 Å². The Morgan fingerprint density at radius 2 is 1.78 bits per heavy atom. The van der Waals surface area contributed by atoms with Gasteiger partial charge in [-0.05, 0) is 67.6 Å². The molecule has 2 aromatic carbocycles. The molecule has 1 aromatic heterocycles. The van der Waals surface area contributed by atoms with Gasteiger partial charge in [0.05, 0.1) is 12.2 Å². The Morgan fingerprint density at radius 3 is 2.38 bits per heavy atom. The van der Waals surface area contributed by atoms with Crippen LogP contribution in [0.25, 0.3) is 11.3 Å². The Bertz CT molecular complexity index is 1020. The van der Waals surface area contributed by atoms with Crippen molar-refractivity contribution in [1.82, 2.24) is 4.57 Å². The average Bonchev–Trinajstić information content (AvgIpc) is 3.22. The molecular weight excluding hydrogens is 422 g/mol. The first-order valence-electron chi connectivity index (χ1n) is 10.7. The third-order valence-electron chi connectivity index (χ3n) is 5.27. The number of hydrogen-bond acceptors (Lipinski definition) is 5.